The Balaban J connectivity index is 3.09. The van der Waals surface area contributed by atoms with E-state index in [-0.39, 0.29) is 18.8 Å². The first-order valence-corrected chi connectivity index (χ1v) is 8.38. The molecule has 1 atom stereocenters. The number of unbranched alkanes of at least 4 members (excludes halogenated alkanes) is 1. The van der Waals surface area contributed by atoms with E-state index >= 15 is 0 Å². The maximum Gasteiger partial charge on any atom is 0.324 e. The summed E-state index contributed by atoms with van der Waals surface area (Å²) in [6.45, 7) is 8.16. The van der Waals surface area contributed by atoms with Gasteiger partial charge in [0.1, 0.15) is 0 Å². The van der Waals surface area contributed by atoms with E-state index in [0.29, 0.717) is 18.6 Å². The average molecular weight is 332 g/mol. The number of carbonyl (C=O) groups is 2. The molecule has 0 spiro atoms. The Bertz CT molecular complexity index is 550. The van der Waals surface area contributed by atoms with E-state index in [1.807, 2.05) is 30.3 Å². The summed E-state index contributed by atoms with van der Waals surface area (Å²) in [7, 11) is 1.66. The third kappa shape index (κ3) is 5.03. The van der Waals surface area contributed by atoms with Crippen LogP contribution in [0.5, 0.6) is 0 Å². The summed E-state index contributed by atoms with van der Waals surface area (Å²) in [5.41, 5.74) is 0.219. The lowest BCUT2D eigenvalue weighted by atomic mass is 9.71. The summed E-state index contributed by atoms with van der Waals surface area (Å²) >= 11 is 0. The normalized spacial score (nSPS) is 13.1. The number of esters is 1. The topological polar surface area (TPSA) is 52.6 Å². The van der Waals surface area contributed by atoms with Crippen molar-refractivity contribution < 1.29 is 19.1 Å². The Morgan fingerprint density at radius 3 is 2.38 bits per heavy atom. The summed E-state index contributed by atoms with van der Waals surface area (Å²) in [5.74, 6) is -0.723. The first-order valence-electron chi connectivity index (χ1n) is 8.38. The molecule has 4 nitrogen and oxygen atoms in total. The molecule has 1 unspecified atom stereocenters. The van der Waals surface area contributed by atoms with Crippen molar-refractivity contribution in [3.05, 3.63) is 48.0 Å². The smallest absolute Gasteiger partial charge is 0.324 e. The van der Waals surface area contributed by atoms with E-state index in [1.165, 1.54) is 6.92 Å². The Morgan fingerprint density at radius 1 is 1.17 bits per heavy atom. The highest BCUT2D eigenvalue weighted by atomic mass is 16.5. The molecule has 0 aliphatic heterocycles. The fourth-order valence-electron chi connectivity index (χ4n) is 2.81. The average Bonchev–Trinajstić information content (AvgIpc) is 2.57. The van der Waals surface area contributed by atoms with Gasteiger partial charge < -0.3 is 9.47 Å². The van der Waals surface area contributed by atoms with Crippen LogP contribution in [0, 0.1) is 5.41 Å². The summed E-state index contributed by atoms with van der Waals surface area (Å²) in [6, 6.07) is 9.52. The van der Waals surface area contributed by atoms with Crippen molar-refractivity contribution in [1.82, 2.24) is 0 Å². The van der Waals surface area contributed by atoms with Crippen LogP contribution < -0.4 is 0 Å². The molecule has 24 heavy (non-hydrogen) atoms. The number of ether oxygens (including phenoxy) is 2. The van der Waals surface area contributed by atoms with Crippen molar-refractivity contribution >= 4 is 11.8 Å². The largest absolute Gasteiger partial charge is 0.465 e. The summed E-state index contributed by atoms with van der Waals surface area (Å²) in [5, 5.41) is 0. The zero-order chi connectivity index (χ0) is 18.0. The molecule has 1 aromatic rings. The minimum atomic E-state index is -1.32. The van der Waals surface area contributed by atoms with Gasteiger partial charge in [-0.3, -0.25) is 9.59 Å². The molecular weight excluding hydrogens is 304 g/mol. The molecule has 0 N–H and O–H groups in total. The predicted octanol–water partition coefficient (Wildman–Crippen LogP) is 3.74. The molecule has 0 radical (unpaired) electrons. The molecule has 0 aliphatic rings. The second kappa shape index (κ2) is 10.0. The van der Waals surface area contributed by atoms with Crippen LogP contribution in [0.4, 0.5) is 0 Å². The molecule has 132 valence electrons. The van der Waals surface area contributed by atoms with Crippen molar-refractivity contribution in [2.45, 2.75) is 39.5 Å². The zero-order valence-electron chi connectivity index (χ0n) is 15.0. The fourth-order valence-corrected chi connectivity index (χ4v) is 2.81. The Kier molecular flexibility index (Phi) is 8.41. The second-order valence-corrected chi connectivity index (χ2v) is 5.90. The standard InChI is InChI=1S/C20H28O4/c1-5-24-19(22)20(17(3)21,15-18-12-7-6-8-13-18)16(2)11-9-10-14-23-4/h6-8,12-13H,2,5,9-11,14-15H2,1,3-4H3. The molecule has 0 bridgehead atoms. The van der Waals surface area contributed by atoms with Gasteiger partial charge >= 0.3 is 5.97 Å². The minimum Gasteiger partial charge on any atom is -0.465 e. The molecule has 0 heterocycles. The van der Waals surface area contributed by atoms with Crippen molar-refractivity contribution in [2.75, 3.05) is 20.3 Å². The van der Waals surface area contributed by atoms with Crippen LogP contribution in [-0.4, -0.2) is 32.1 Å². The van der Waals surface area contributed by atoms with Crippen LogP contribution in [0.15, 0.2) is 42.5 Å². The first-order chi connectivity index (χ1) is 11.5. The monoisotopic (exact) mass is 332 g/mol. The molecule has 0 amide bonds. The zero-order valence-corrected chi connectivity index (χ0v) is 15.0. The van der Waals surface area contributed by atoms with E-state index in [9.17, 15) is 9.59 Å². The lowest BCUT2D eigenvalue weighted by Gasteiger charge is -2.31. The Morgan fingerprint density at radius 2 is 1.83 bits per heavy atom. The van der Waals surface area contributed by atoms with Gasteiger partial charge in [-0.1, -0.05) is 42.5 Å². The van der Waals surface area contributed by atoms with Gasteiger partial charge in [-0.2, -0.15) is 0 Å². The van der Waals surface area contributed by atoms with Crippen LogP contribution in [0.1, 0.15) is 38.7 Å². The molecule has 0 fully saturated rings. The van der Waals surface area contributed by atoms with Gasteiger partial charge in [0.2, 0.25) is 0 Å². The highest BCUT2D eigenvalue weighted by Crippen LogP contribution is 2.36. The maximum absolute atomic E-state index is 12.7. The summed E-state index contributed by atoms with van der Waals surface area (Å²) < 4.78 is 10.3. The number of methoxy groups -OCH3 is 1. The van der Waals surface area contributed by atoms with Crippen molar-refractivity contribution in [3.63, 3.8) is 0 Å². The maximum atomic E-state index is 12.7. The van der Waals surface area contributed by atoms with Crippen LogP contribution in [-0.2, 0) is 25.5 Å². The van der Waals surface area contributed by atoms with Gasteiger partial charge in [-0.15, -0.1) is 0 Å². The molecule has 0 saturated carbocycles. The molecule has 1 rings (SSSR count). The van der Waals surface area contributed by atoms with Crippen LogP contribution in [0.2, 0.25) is 0 Å². The highest BCUT2D eigenvalue weighted by Gasteiger charge is 2.46. The van der Waals surface area contributed by atoms with Gasteiger partial charge in [-0.05, 0) is 45.1 Å². The third-order valence-corrected chi connectivity index (χ3v) is 4.22. The van der Waals surface area contributed by atoms with E-state index < -0.39 is 11.4 Å². The number of carbonyl (C=O) groups excluding carboxylic acids is 2. The van der Waals surface area contributed by atoms with Gasteiger partial charge in [0.15, 0.2) is 11.2 Å². The SMILES string of the molecule is C=C(CCCCOC)C(Cc1ccccc1)(C(C)=O)C(=O)OCC. The lowest BCUT2D eigenvalue weighted by molar-refractivity contribution is -0.157. The van der Waals surface area contributed by atoms with Crippen molar-refractivity contribution in [2.24, 2.45) is 5.41 Å². The number of hydrogen-bond acceptors (Lipinski definition) is 4. The highest BCUT2D eigenvalue weighted by molar-refractivity contribution is 6.06. The molecule has 0 aromatic heterocycles. The van der Waals surface area contributed by atoms with E-state index in [2.05, 4.69) is 6.58 Å². The number of hydrogen-bond donors (Lipinski definition) is 0. The van der Waals surface area contributed by atoms with Crippen LogP contribution in [0.25, 0.3) is 0 Å². The number of ketones is 1. The van der Waals surface area contributed by atoms with Crippen molar-refractivity contribution in [1.29, 1.82) is 0 Å². The van der Waals surface area contributed by atoms with Gasteiger partial charge in [0.05, 0.1) is 6.61 Å². The molecular formula is C20H28O4. The molecule has 0 aliphatic carbocycles. The summed E-state index contributed by atoms with van der Waals surface area (Å²) in [6.07, 6.45) is 2.55. The lowest BCUT2D eigenvalue weighted by Crippen LogP contribution is -2.43. The van der Waals surface area contributed by atoms with Crippen LogP contribution >= 0.6 is 0 Å². The predicted molar refractivity (Wildman–Crippen MR) is 94.8 cm³/mol. The van der Waals surface area contributed by atoms with E-state index in [0.717, 1.165) is 18.4 Å². The van der Waals surface area contributed by atoms with Crippen molar-refractivity contribution in [3.8, 4) is 0 Å². The number of Topliss-reactive ketones (excluding diaryl/α,β-unsaturated/α-hetero) is 1. The molecule has 1 aromatic carbocycles. The number of benzene rings is 1. The Labute approximate surface area is 144 Å². The van der Waals surface area contributed by atoms with Crippen LogP contribution in [0.3, 0.4) is 0 Å². The summed E-state index contributed by atoms with van der Waals surface area (Å²) in [4.78, 5) is 25.2. The fraction of sp³-hybridized carbons (Fsp3) is 0.500. The van der Waals surface area contributed by atoms with Gasteiger partial charge in [0.25, 0.3) is 0 Å². The minimum absolute atomic E-state index is 0.221. The number of rotatable bonds is 11. The molecule has 0 saturated heterocycles. The second-order valence-electron chi connectivity index (χ2n) is 5.90. The van der Waals surface area contributed by atoms with Gasteiger partial charge in [0, 0.05) is 13.7 Å². The quantitative estimate of drug-likeness (QED) is 0.268. The van der Waals surface area contributed by atoms with Gasteiger partial charge in [-0.25, -0.2) is 0 Å². The first kappa shape index (κ1) is 20.1. The Hall–Kier alpha value is -1.94. The van der Waals surface area contributed by atoms with E-state index in [4.69, 9.17) is 9.47 Å². The molecule has 4 heteroatoms. The van der Waals surface area contributed by atoms with E-state index in [1.54, 1.807) is 14.0 Å². The third-order valence-electron chi connectivity index (χ3n) is 4.22.